The molecule has 0 aliphatic carbocycles. The number of aryl methyl sites for hydroxylation is 2. The van der Waals surface area contributed by atoms with Gasteiger partial charge >= 0.3 is 0 Å². The Labute approximate surface area is 177 Å². The van der Waals surface area contributed by atoms with Gasteiger partial charge in [0.05, 0.1) is 12.7 Å². The molecule has 0 saturated carbocycles. The van der Waals surface area contributed by atoms with Crippen molar-refractivity contribution in [3.05, 3.63) is 34.7 Å². The first-order valence-corrected chi connectivity index (χ1v) is 10.3. The van der Waals surface area contributed by atoms with Crippen LogP contribution >= 0.6 is 11.8 Å². The van der Waals surface area contributed by atoms with Crippen molar-refractivity contribution in [1.29, 1.82) is 0 Å². The number of methoxy groups -OCH3 is 1. The Balaban J connectivity index is 1.86. The van der Waals surface area contributed by atoms with Gasteiger partial charge in [-0.3, -0.25) is 4.79 Å². The van der Waals surface area contributed by atoms with E-state index in [1.54, 1.807) is 19.9 Å². The normalized spacial score (nSPS) is 12.0. The van der Waals surface area contributed by atoms with Gasteiger partial charge in [0, 0.05) is 35.6 Å². The molecule has 30 heavy (non-hydrogen) atoms. The first-order chi connectivity index (χ1) is 14.3. The van der Waals surface area contributed by atoms with Crippen molar-refractivity contribution >= 4 is 17.7 Å². The fraction of sp³-hybridized carbons (Fsp3) is 0.421. The van der Waals surface area contributed by atoms with Crippen molar-refractivity contribution < 1.29 is 23.7 Å². The van der Waals surface area contributed by atoms with Crippen LogP contribution in [0.4, 0.5) is 0 Å². The lowest BCUT2D eigenvalue weighted by atomic mass is 10.0. The van der Waals surface area contributed by atoms with Crippen LogP contribution in [-0.4, -0.2) is 44.2 Å². The fourth-order valence-corrected chi connectivity index (χ4v) is 4.07. The first-order valence-electron chi connectivity index (χ1n) is 9.15. The topological polar surface area (TPSA) is 136 Å². The summed E-state index contributed by atoms with van der Waals surface area (Å²) in [7, 11) is 1.53. The predicted octanol–water partition coefficient (Wildman–Crippen LogP) is 2.87. The van der Waals surface area contributed by atoms with E-state index in [1.165, 1.54) is 25.8 Å². The summed E-state index contributed by atoms with van der Waals surface area (Å²) in [6, 6.07) is 1.11. The standard InChI is InChI=1S/C19H23N5O5S/c1-9-16(27-5)6-15(26)13(17(9)19-21-11(3)24-29-19)7-30-8-14(22-12(4)25)18-20-10(2)23-28-18/h6,14,26H,7-8H2,1-5H3,(H,22,25)/t14-/m0/s1. The van der Waals surface area contributed by atoms with Crippen LogP contribution in [0, 0.1) is 20.8 Å². The maximum Gasteiger partial charge on any atom is 0.258 e. The van der Waals surface area contributed by atoms with Crippen molar-refractivity contribution in [3.63, 3.8) is 0 Å². The van der Waals surface area contributed by atoms with Gasteiger partial charge in [0.25, 0.3) is 5.89 Å². The molecule has 3 rings (SSSR count). The maximum absolute atomic E-state index is 11.6. The molecule has 2 heterocycles. The largest absolute Gasteiger partial charge is 0.507 e. The molecule has 0 unspecified atom stereocenters. The van der Waals surface area contributed by atoms with E-state index in [4.69, 9.17) is 13.8 Å². The lowest BCUT2D eigenvalue weighted by molar-refractivity contribution is -0.119. The molecule has 0 radical (unpaired) electrons. The second kappa shape index (κ2) is 9.16. The summed E-state index contributed by atoms with van der Waals surface area (Å²) < 4.78 is 15.9. The Morgan fingerprint density at radius 2 is 1.93 bits per heavy atom. The van der Waals surface area contributed by atoms with Crippen LogP contribution in [0.2, 0.25) is 0 Å². The average molecular weight is 433 g/mol. The van der Waals surface area contributed by atoms with E-state index < -0.39 is 6.04 Å². The Morgan fingerprint density at radius 1 is 1.23 bits per heavy atom. The van der Waals surface area contributed by atoms with Gasteiger partial charge in [-0.05, 0) is 20.8 Å². The molecule has 11 heteroatoms. The predicted molar refractivity (Wildman–Crippen MR) is 109 cm³/mol. The summed E-state index contributed by atoms with van der Waals surface area (Å²) in [5, 5.41) is 21.1. The Morgan fingerprint density at radius 3 is 2.50 bits per heavy atom. The van der Waals surface area contributed by atoms with Gasteiger partial charge in [-0.2, -0.15) is 21.7 Å². The summed E-state index contributed by atoms with van der Waals surface area (Å²) >= 11 is 1.48. The third-order valence-electron chi connectivity index (χ3n) is 4.33. The minimum Gasteiger partial charge on any atom is -0.507 e. The summed E-state index contributed by atoms with van der Waals surface area (Å²) in [5.74, 6) is 2.85. The molecule has 160 valence electrons. The number of hydrogen-bond donors (Lipinski definition) is 2. The number of thioether (sulfide) groups is 1. The molecule has 0 aliphatic rings. The number of phenols is 1. The Bertz CT molecular complexity index is 1050. The molecule has 2 N–H and O–H groups in total. The summed E-state index contributed by atoms with van der Waals surface area (Å²) in [4.78, 5) is 20.1. The molecule has 0 fully saturated rings. The molecule has 0 bridgehead atoms. The first kappa shape index (κ1) is 21.6. The molecule has 10 nitrogen and oxygen atoms in total. The third kappa shape index (κ3) is 4.73. The number of nitrogens with zero attached hydrogens (tertiary/aromatic N) is 4. The third-order valence-corrected chi connectivity index (χ3v) is 5.40. The van der Waals surface area contributed by atoms with E-state index >= 15 is 0 Å². The molecule has 3 aromatic rings. The van der Waals surface area contributed by atoms with Crippen LogP contribution in [0.5, 0.6) is 11.5 Å². The van der Waals surface area contributed by atoms with Gasteiger partial charge in [-0.15, -0.1) is 0 Å². The van der Waals surface area contributed by atoms with Crippen LogP contribution in [0.25, 0.3) is 11.5 Å². The number of amides is 1. The number of nitrogens with one attached hydrogen (secondary N) is 1. The molecule has 1 atom stereocenters. The van der Waals surface area contributed by atoms with Gasteiger partial charge in [0.1, 0.15) is 17.5 Å². The van der Waals surface area contributed by atoms with Crippen molar-refractivity contribution in [2.24, 2.45) is 0 Å². The monoisotopic (exact) mass is 433 g/mol. The van der Waals surface area contributed by atoms with Gasteiger partial charge in [-0.25, -0.2) is 0 Å². The molecule has 1 aromatic carbocycles. The molecule has 2 aromatic heterocycles. The molecule has 0 saturated heterocycles. The molecular weight excluding hydrogens is 410 g/mol. The van der Waals surface area contributed by atoms with E-state index in [2.05, 4.69) is 25.6 Å². The average Bonchev–Trinajstić information content (AvgIpc) is 3.31. The summed E-state index contributed by atoms with van der Waals surface area (Å²) in [6.07, 6.45) is 0. The number of phenolic OH excluding ortho intramolecular Hbond substituents is 1. The lowest BCUT2D eigenvalue weighted by Gasteiger charge is -2.17. The van der Waals surface area contributed by atoms with Crippen molar-refractivity contribution in [3.8, 4) is 23.0 Å². The van der Waals surface area contributed by atoms with E-state index in [9.17, 15) is 9.90 Å². The minimum absolute atomic E-state index is 0.0560. The summed E-state index contributed by atoms with van der Waals surface area (Å²) in [6.45, 7) is 6.72. The van der Waals surface area contributed by atoms with E-state index in [0.29, 0.717) is 51.8 Å². The molecule has 1 amide bonds. The number of carbonyl (C=O) groups excluding carboxylic acids is 1. The molecule has 0 spiro atoms. The zero-order valence-corrected chi connectivity index (χ0v) is 18.2. The number of hydrogen-bond acceptors (Lipinski definition) is 10. The van der Waals surface area contributed by atoms with E-state index in [1.807, 2.05) is 6.92 Å². The highest BCUT2D eigenvalue weighted by Gasteiger charge is 2.24. The number of aromatic nitrogens is 4. The van der Waals surface area contributed by atoms with Gasteiger partial charge in [-0.1, -0.05) is 10.3 Å². The van der Waals surface area contributed by atoms with Gasteiger partial charge in [0.15, 0.2) is 11.6 Å². The van der Waals surface area contributed by atoms with Crippen molar-refractivity contribution in [1.82, 2.24) is 25.6 Å². The fourth-order valence-electron chi connectivity index (χ4n) is 3.00. The van der Waals surface area contributed by atoms with Gasteiger partial charge in [0.2, 0.25) is 11.8 Å². The maximum atomic E-state index is 11.6. The smallest absolute Gasteiger partial charge is 0.258 e. The van der Waals surface area contributed by atoms with Crippen molar-refractivity contribution in [2.45, 2.75) is 39.5 Å². The van der Waals surface area contributed by atoms with Crippen LogP contribution in [0.3, 0.4) is 0 Å². The Hall–Kier alpha value is -3.08. The lowest BCUT2D eigenvalue weighted by Crippen LogP contribution is -2.28. The highest BCUT2D eigenvalue weighted by Crippen LogP contribution is 2.40. The number of aromatic hydroxyl groups is 1. The Kier molecular flexibility index (Phi) is 6.60. The number of ether oxygens (including phenoxy) is 1. The van der Waals surface area contributed by atoms with Crippen LogP contribution in [0.15, 0.2) is 15.1 Å². The zero-order valence-electron chi connectivity index (χ0n) is 17.3. The zero-order chi connectivity index (χ0) is 21.8. The SMILES string of the molecule is COc1cc(O)c(CSC[C@H](NC(C)=O)c2nc(C)no2)c(-c2nc(C)no2)c1C. The second-order valence-electron chi connectivity index (χ2n) is 6.67. The number of rotatable bonds is 8. The number of benzene rings is 1. The minimum atomic E-state index is -0.454. The van der Waals surface area contributed by atoms with Gasteiger partial charge < -0.3 is 24.2 Å². The second-order valence-corrected chi connectivity index (χ2v) is 7.70. The highest BCUT2D eigenvalue weighted by atomic mass is 32.2. The van der Waals surface area contributed by atoms with E-state index in [0.717, 1.165) is 5.56 Å². The quantitative estimate of drug-likeness (QED) is 0.545. The van der Waals surface area contributed by atoms with Crippen LogP contribution in [-0.2, 0) is 10.5 Å². The van der Waals surface area contributed by atoms with E-state index in [-0.39, 0.29) is 11.7 Å². The summed E-state index contributed by atoms with van der Waals surface area (Å²) in [5.41, 5.74) is 2.04. The molecular formula is C19H23N5O5S. The van der Waals surface area contributed by atoms with Crippen LogP contribution in [0.1, 0.15) is 41.6 Å². The number of carbonyl (C=O) groups is 1. The van der Waals surface area contributed by atoms with Crippen LogP contribution < -0.4 is 10.1 Å². The highest BCUT2D eigenvalue weighted by molar-refractivity contribution is 7.98. The van der Waals surface area contributed by atoms with Crippen molar-refractivity contribution in [2.75, 3.05) is 12.9 Å². The molecule has 0 aliphatic heterocycles.